The van der Waals surface area contributed by atoms with Gasteiger partial charge in [0.2, 0.25) is 0 Å². The van der Waals surface area contributed by atoms with Gasteiger partial charge in [0, 0.05) is 6.42 Å². The Labute approximate surface area is 121 Å². The van der Waals surface area contributed by atoms with Crippen LogP contribution in [0.5, 0.6) is 0 Å². The Balaban J connectivity index is 2.02. The van der Waals surface area contributed by atoms with Gasteiger partial charge in [-0.15, -0.1) is 0 Å². The molecule has 0 aliphatic carbocycles. The number of carbonyl (C=O) groups excluding carboxylic acids is 1. The second-order valence-corrected chi connectivity index (χ2v) is 4.68. The predicted octanol–water partition coefficient (Wildman–Crippen LogP) is 2.76. The average Bonchev–Trinajstić information content (AvgIpc) is 3.03. The fourth-order valence-electron chi connectivity index (χ4n) is 2.07. The lowest BCUT2D eigenvalue weighted by Crippen LogP contribution is -2.23. The van der Waals surface area contributed by atoms with Crippen molar-refractivity contribution in [1.29, 1.82) is 0 Å². The maximum atomic E-state index is 12.1. The third kappa shape index (κ3) is 3.34. The number of hydrogen-bond acceptors (Lipinski definition) is 4. The Morgan fingerprint density at radius 2 is 2.10 bits per heavy atom. The van der Waals surface area contributed by atoms with Crippen molar-refractivity contribution in [2.24, 2.45) is 0 Å². The number of nitrogens with one attached hydrogen (secondary N) is 1. The summed E-state index contributed by atoms with van der Waals surface area (Å²) in [6.07, 6.45) is 3.06. The minimum atomic E-state index is -1.05. The fourth-order valence-corrected chi connectivity index (χ4v) is 2.07. The number of carbonyl (C=O) groups is 2. The minimum Gasteiger partial charge on any atom is -0.478 e. The molecular formula is C15H17NO5. The highest BCUT2D eigenvalue weighted by molar-refractivity contribution is 5.95. The number of aromatic carboxylic acids is 1. The van der Waals surface area contributed by atoms with Crippen molar-refractivity contribution in [3.8, 4) is 0 Å². The molecule has 2 rings (SSSR count). The highest BCUT2D eigenvalue weighted by Gasteiger charge is 2.16. The third-order valence-electron chi connectivity index (χ3n) is 3.09. The fraction of sp³-hybridized carbons (Fsp3) is 0.333. The van der Waals surface area contributed by atoms with Crippen molar-refractivity contribution in [1.82, 2.24) is 5.32 Å². The summed E-state index contributed by atoms with van der Waals surface area (Å²) in [5.74, 6) is 0.0596. The topological polar surface area (TPSA) is 92.7 Å². The first-order valence-electron chi connectivity index (χ1n) is 6.70. The van der Waals surface area contributed by atoms with Gasteiger partial charge >= 0.3 is 5.97 Å². The number of furan rings is 2. The van der Waals surface area contributed by atoms with Crippen LogP contribution >= 0.6 is 0 Å². The van der Waals surface area contributed by atoms with E-state index in [0.717, 1.165) is 6.42 Å². The SMILES string of the molecule is CCCc1occc1C(=O)NCc1cc(C(=O)O)c(C)o1. The molecule has 0 aliphatic heterocycles. The molecule has 0 aromatic carbocycles. The summed E-state index contributed by atoms with van der Waals surface area (Å²) in [5, 5.41) is 11.6. The van der Waals surface area contributed by atoms with Gasteiger partial charge in [0.05, 0.1) is 18.4 Å². The van der Waals surface area contributed by atoms with E-state index in [2.05, 4.69) is 5.32 Å². The van der Waals surface area contributed by atoms with E-state index in [0.29, 0.717) is 29.3 Å². The Bertz CT molecular complexity index is 653. The molecule has 2 aromatic rings. The number of aryl methyl sites for hydroxylation is 2. The van der Waals surface area contributed by atoms with Crippen LogP contribution in [0.4, 0.5) is 0 Å². The van der Waals surface area contributed by atoms with Crippen LogP contribution < -0.4 is 5.32 Å². The van der Waals surface area contributed by atoms with Crippen molar-refractivity contribution < 1.29 is 23.5 Å². The van der Waals surface area contributed by atoms with E-state index >= 15 is 0 Å². The highest BCUT2D eigenvalue weighted by Crippen LogP contribution is 2.16. The molecular weight excluding hydrogens is 274 g/mol. The Kier molecular flexibility index (Phi) is 4.47. The molecule has 0 fully saturated rings. The molecule has 0 unspecified atom stereocenters. The van der Waals surface area contributed by atoms with Crippen LogP contribution in [-0.2, 0) is 13.0 Å². The van der Waals surface area contributed by atoms with Crippen molar-refractivity contribution in [2.45, 2.75) is 33.2 Å². The summed E-state index contributed by atoms with van der Waals surface area (Å²) in [7, 11) is 0. The zero-order chi connectivity index (χ0) is 15.4. The molecule has 2 N–H and O–H groups in total. The van der Waals surface area contributed by atoms with Crippen LogP contribution in [0.2, 0.25) is 0 Å². The maximum absolute atomic E-state index is 12.1. The largest absolute Gasteiger partial charge is 0.478 e. The number of carboxylic acid groups (broad SMARTS) is 1. The van der Waals surface area contributed by atoms with Gasteiger partial charge < -0.3 is 19.3 Å². The van der Waals surface area contributed by atoms with Crippen LogP contribution in [0.25, 0.3) is 0 Å². The van der Waals surface area contributed by atoms with Gasteiger partial charge in [-0.3, -0.25) is 4.79 Å². The van der Waals surface area contributed by atoms with Gasteiger partial charge in [-0.2, -0.15) is 0 Å². The van der Waals surface area contributed by atoms with Crippen molar-refractivity contribution in [2.75, 3.05) is 0 Å². The summed E-state index contributed by atoms with van der Waals surface area (Å²) < 4.78 is 10.6. The molecule has 0 atom stereocenters. The summed E-state index contributed by atoms with van der Waals surface area (Å²) in [5.41, 5.74) is 0.604. The molecule has 21 heavy (non-hydrogen) atoms. The van der Waals surface area contributed by atoms with E-state index in [-0.39, 0.29) is 18.0 Å². The van der Waals surface area contributed by atoms with Crippen molar-refractivity contribution in [3.63, 3.8) is 0 Å². The standard InChI is InChI=1S/C15H17NO5/c1-3-4-13-11(5-6-20-13)14(17)16-8-10-7-12(15(18)19)9(2)21-10/h5-7H,3-4,8H2,1-2H3,(H,16,17)(H,18,19). The molecule has 0 saturated carbocycles. The number of carboxylic acids is 1. The quantitative estimate of drug-likeness (QED) is 0.853. The monoisotopic (exact) mass is 291 g/mol. The van der Waals surface area contributed by atoms with Crippen molar-refractivity contribution >= 4 is 11.9 Å². The molecule has 6 nitrogen and oxygen atoms in total. The number of amides is 1. The summed E-state index contributed by atoms with van der Waals surface area (Å²) >= 11 is 0. The molecule has 2 aromatic heterocycles. The molecule has 0 bridgehead atoms. The number of rotatable bonds is 6. The van der Waals surface area contributed by atoms with Gasteiger partial charge in [-0.1, -0.05) is 6.92 Å². The summed E-state index contributed by atoms with van der Waals surface area (Å²) in [6.45, 7) is 3.71. The third-order valence-corrected chi connectivity index (χ3v) is 3.09. The summed E-state index contributed by atoms with van der Waals surface area (Å²) in [6, 6.07) is 3.04. The van der Waals surface area contributed by atoms with Gasteiger partial charge in [0.15, 0.2) is 0 Å². The Morgan fingerprint density at radius 1 is 1.33 bits per heavy atom. The lowest BCUT2D eigenvalue weighted by molar-refractivity contribution is 0.0694. The van der Waals surface area contributed by atoms with Crippen LogP contribution in [0.15, 0.2) is 27.2 Å². The Hall–Kier alpha value is -2.50. The second kappa shape index (κ2) is 6.30. The molecule has 112 valence electrons. The van der Waals surface area contributed by atoms with E-state index in [1.165, 1.54) is 12.3 Å². The van der Waals surface area contributed by atoms with E-state index in [4.69, 9.17) is 13.9 Å². The summed E-state index contributed by atoms with van der Waals surface area (Å²) in [4.78, 5) is 23.0. The lowest BCUT2D eigenvalue weighted by atomic mass is 10.1. The van der Waals surface area contributed by atoms with Gasteiger partial charge in [-0.25, -0.2) is 4.79 Å². The highest BCUT2D eigenvalue weighted by atomic mass is 16.4. The first-order valence-corrected chi connectivity index (χ1v) is 6.70. The minimum absolute atomic E-state index is 0.106. The lowest BCUT2D eigenvalue weighted by Gasteiger charge is -2.03. The van der Waals surface area contributed by atoms with E-state index in [9.17, 15) is 9.59 Å². The van der Waals surface area contributed by atoms with Gasteiger partial charge in [-0.05, 0) is 25.5 Å². The predicted molar refractivity (Wildman–Crippen MR) is 74.3 cm³/mol. The molecule has 0 saturated heterocycles. The van der Waals surface area contributed by atoms with E-state index < -0.39 is 5.97 Å². The van der Waals surface area contributed by atoms with Crippen LogP contribution in [0.3, 0.4) is 0 Å². The smallest absolute Gasteiger partial charge is 0.339 e. The van der Waals surface area contributed by atoms with Crippen LogP contribution in [0.1, 0.15) is 51.3 Å². The molecule has 0 spiro atoms. The molecule has 1 amide bonds. The zero-order valence-electron chi connectivity index (χ0n) is 11.9. The molecule has 2 heterocycles. The second-order valence-electron chi connectivity index (χ2n) is 4.68. The van der Waals surface area contributed by atoms with E-state index in [1.807, 2.05) is 6.92 Å². The molecule has 0 radical (unpaired) electrons. The zero-order valence-corrected chi connectivity index (χ0v) is 11.9. The van der Waals surface area contributed by atoms with Gasteiger partial charge in [0.25, 0.3) is 5.91 Å². The maximum Gasteiger partial charge on any atom is 0.339 e. The van der Waals surface area contributed by atoms with Crippen LogP contribution in [-0.4, -0.2) is 17.0 Å². The van der Waals surface area contributed by atoms with Crippen LogP contribution in [0, 0.1) is 6.92 Å². The molecule has 0 aliphatic rings. The van der Waals surface area contributed by atoms with Crippen molar-refractivity contribution in [3.05, 3.63) is 46.8 Å². The van der Waals surface area contributed by atoms with Gasteiger partial charge in [0.1, 0.15) is 22.8 Å². The average molecular weight is 291 g/mol. The first kappa shape index (κ1) is 14.9. The Morgan fingerprint density at radius 3 is 2.71 bits per heavy atom. The number of hydrogen-bond donors (Lipinski definition) is 2. The normalized spacial score (nSPS) is 10.6. The first-order chi connectivity index (χ1) is 10.0. The van der Waals surface area contributed by atoms with E-state index in [1.54, 1.807) is 13.0 Å². The molecule has 6 heteroatoms.